The second-order valence-corrected chi connectivity index (χ2v) is 9.70. The lowest BCUT2D eigenvalue weighted by molar-refractivity contribution is 0.156. The first-order valence-electron chi connectivity index (χ1n) is 8.61. The Labute approximate surface area is 162 Å². The van der Waals surface area contributed by atoms with E-state index in [1.165, 1.54) is 11.3 Å². The molecule has 3 aromatic rings. The Kier molecular flexibility index (Phi) is 4.90. The molecule has 0 amide bonds. The van der Waals surface area contributed by atoms with Crippen LogP contribution in [0.1, 0.15) is 24.2 Å². The molecule has 0 aliphatic heterocycles. The van der Waals surface area contributed by atoms with Crippen LogP contribution < -0.4 is 4.72 Å². The highest BCUT2D eigenvalue weighted by atomic mass is 32.2. The lowest BCUT2D eigenvalue weighted by Crippen LogP contribution is -2.27. The summed E-state index contributed by atoms with van der Waals surface area (Å²) in [4.78, 5) is 0.741. The van der Waals surface area contributed by atoms with Crippen molar-refractivity contribution >= 4 is 21.4 Å². The zero-order chi connectivity index (χ0) is 19.0. The Morgan fingerprint density at radius 1 is 1.22 bits per heavy atom. The van der Waals surface area contributed by atoms with Crippen LogP contribution in [0.2, 0.25) is 0 Å². The van der Waals surface area contributed by atoms with Crippen LogP contribution in [0.5, 0.6) is 0 Å². The van der Waals surface area contributed by atoms with E-state index >= 15 is 0 Å². The summed E-state index contributed by atoms with van der Waals surface area (Å²) in [6.07, 6.45) is 0. The molecule has 1 N–H and O–H groups in total. The zero-order valence-electron chi connectivity index (χ0n) is 15.0. The molecular formula is C19H20N2O4S2. The molecule has 0 unspecified atom stereocenters. The highest BCUT2D eigenvalue weighted by molar-refractivity contribution is 7.91. The molecule has 0 spiro atoms. The number of methoxy groups -OCH3 is 1. The molecule has 1 aliphatic rings. The van der Waals surface area contributed by atoms with Crippen molar-refractivity contribution in [2.45, 2.75) is 29.7 Å². The van der Waals surface area contributed by atoms with Gasteiger partial charge in [0.2, 0.25) is 10.0 Å². The molecule has 0 radical (unpaired) electrons. The van der Waals surface area contributed by atoms with E-state index in [1.807, 2.05) is 30.3 Å². The Balaban J connectivity index is 1.49. The first kappa shape index (κ1) is 18.4. The molecule has 0 bridgehead atoms. The standard InChI is InChI=1S/C19H20N2O4S2/c1-12-18(13-6-4-3-5-7-13)19(12)21-27(22,23)17-9-8-16(26-17)15-10-14(11-24-2)25-20-15/h3-10,12,18-19,21H,11H2,1-2H3/t12-,18-,19+/m1/s1. The minimum Gasteiger partial charge on any atom is -0.377 e. The first-order chi connectivity index (χ1) is 13.0. The van der Waals surface area contributed by atoms with E-state index in [9.17, 15) is 8.42 Å². The molecule has 142 valence electrons. The average Bonchev–Trinajstić information content (AvgIpc) is 3.08. The van der Waals surface area contributed by atoms with E-state index in [0.717, 1.165) is 10.4 Å². The number of ether oxygens (including phenoxy) is 1. The maximum atomic E-state index is 12.8. The summed E-state index contributed by atoms with van der Waals surface area (Å²) in [6.45, 7) is 2.39. The van der Waals surface area contributed by atoms with Crippen LogP contribution in [0.4, 0.5) is 0 Å². The highest BCUT2D eigenvalue weighted by Crippen LogP contribution is 2.48. The number of benzene rings is 1. The monoisotopic (exact) mass is 404 g/mol. The molecule has 4 rings (SSSR count). The van der Waals surface area contributed by atoms with E-state index in [2.05, 4.69) is 16.8 Å². The van der Waals surface area contributed by atoms with Crippen LogP contribution in [0.25, 0.3) is 10.6 Å². The Hall–Kier alpha value is -2.00. The number of nitrogens with one attached hydrogen (secondary N) is 1. The summed E-state index contributed by atoms with van der Waals surface area (Å²) in [6, 6.07) is 15.0. The van der Waals surface area contributed by atoms with Gasteiger partial charge in [0.15, 0.2) is 5.76 Å². The molecule has 0 saturated heterocycles. The van der Waals surface area contributed by atoms with Gasteiger partial charge in [-0.1, -0.05) is 42.4 Å². The molecule has 2 heterocycles. The predicted molar refractivity (Wildman–Crippen MR) is 103 cm³/mol. The summed E-state index contributed by atoms with van der Waals surface area (Å²) in [5.74, 6) is 1.09. The molecular weight excluding hydrogens is 384 g/mol. The molecule has 27 heavy (non-hydrogen) atoms. The summed E-state index contributed by atoms with van der Waals surface area (Å²) in [5.41, 5.74) is 1.77. The minimum atomic E-state index is -3.58. The number of thiophene rings is 1. The number of hydrogen-bond acceptors (Lipinski definition) is 6. The van der Waals surface area contributed by atoms with Crippen molar-refractivity contribution in [2.75, 3.05) is 7.11 Å². The number of hydrogen-bond donors (Lipinski definition) is 1. The van der Waals surface area contributed by atoms with Gasteiger partial charge < -0.3 is 9.26 Å². The van der Waals surface area contributed by atoms with Gasteiger partial charge >= 0.3 is 0 Å². The fourth-order valence-corrected chi connectivity index (χ4v) is 5.93. The second-order valence-electron chi connectivity index (χ2n) is 6.67. The quantitative estimate of drug-likeness (QED) is 0.650. The largest absolute Gasteiger partial charge is 0.377 e. The van der Waals surface area contributed by atoms with Gasteiger partial charge in [0, 0.05) is 25.1 Å². The molecule has 8 heteroatoms. The third-order valence-corrected chi connectivity index (χ3v) is 7.86. The summed E-state index contributed by atoms with van der Waals surface area (Å²) >= 11 is 1.18. The van der Waals surface area contributed by atoms with E-state index < -0.39 is 10.0 Å². The lowest BCUT2D eigenvalue weighted by Gasteiger charge is -2.04. The molecule has 6 nitrogen and oxygen atoms in total. The van der Waals surface area contributed by atoms with Gasteiger partial charge in [-0.05, 0) is 23.6 Å². The van der Waals surface area contributed by atoms with E-state index in [4.69, 9.17) is 9.26 Å². The van der Waals surface area contributed by atoms with Crippen LogP contribution in [0.3, 0.4) is 0 Å². The van der Waals surface area contributed by atoms with E-state index in [0.29, 0.717) is 18.1 Å². The van der Waals surface area contributed by atoms with Crippen molar-refractivity contribution in [2.24, 2.45) is 5.92 Å². The smallest absolute Gasteiger partial charge is 0.250 e. The van der Waals surface area contributed by atoms with Crippen molar-refractivity contribution in [3.63, 3.8) is 0 Å². The third-order valence-electron chi connectivity index (χ3n) is 4.80. The summed E-state index contributed by atoms with van der Waals surface area (Å²) in [7, 11) is -2.00. The van der Waals surface area contributed by atoms with Crippen LogP contribution in [0, 0.1) is 5.92 Å². The van der Waals surface area contributed by atoms with Gasteiger partial charge in [-0.25, -0.2) is 13.1 Å². The minimum absolute atomic E-state index is 0.0803. The van der Waals surface area contributed by atoms with Gasteiger partial charge in [-0.15, -0.1) is 11.3 Å². The molecule has 1 fully saturated rings. The van der Waals surface area contributed by atoms with Crippen molar-refractivity contribution in [1.82, 2.24) is 9.88 Å². The Morgan fingerprint density at radius 2 is 2.00 bits per heavy atom. The topological polar surface area (TPSA) is 81.4 Å². The van der Waals surface area contributed by atoms with Crippen molar-refractivity contribution in [3.05, 3.63) is 59.9 Å². The molecule has 1 saturated carbocycles. The van der Waals surface area contributed by atoms with Gasteiger partial charge in [0.05, 0.1) is 4.88 Å². The van der Waals surface area contributed by atoms with Crippen LogP contribution >= 0.6 is 11.3 Å². The van der Waals surface area contributed by atoms with E-state index in [-0.39, 0.29) is 22.1 Å². The van der Waals surface area contributed by atoms with Crippen LogP contribution in [-0.2, 0) is 21.4 Å². The van der Waals surface area contributed by atoms with Crippen LogP contribution in [0.15, 0.2) is 57.3 Å². The molecule has 1 aromatic carbocycles. The van der Waals surface area contributed by atoms with Gasteiger partial charge in [-0.3, -0.25) is 0 Å². The van der Waals surface area contributed by atoms with Gasteiger partial charge in [-0.2, -0.15) is 0 Å². The Bertz CT molecular complexity index is 1030. The first-order valence-corrected chi connectivity index (χ1v) is 10.9. The maximum absolute atomic E-state index is 12.8. The number of rotatable bonds is 7. The fraction of sp³-hybridized carbons (Fsp3) is 0.316. The predicted octanol–water partition coefficient (Wildman–Crippen LogP) is 3.63. The van der Waals surface area contributed by atoms with Gasteiger partial charge in [0.25, 0.3) is 0 Å². The SMILES string of the molecule is COCc1cc(-c2ccc(S(=O)(=O)N[C@H]3[C@H](C)[C@@H]3c3ccccc3)s2)no1. The number of nitrogens with zero attached hydrogens (tertiary/aromatic N) is 1. The summed E-state index contributed by atoms with van der Waals surface area (Å²) < 4.78 is 38.9. The normalized spacial score (nSPS) is 22.1. The maximum Gasteiger partial charge on any atom is 0.250 e. The third kappa shape index (κ3) is 3.70. The molecule has 1 aliphatic carbocycles. The van der Waals surface area contributed by atoms with E-state index in [1.54, 1.807) is 25.3 Å². The average molecular weight is 405 g/mol. The molecule has 3 atom stereocenters. The number of sulfonamides is 1. The van der Waals surface area contributed by atoms with Crippen LogP contribution in [-0.4, -0.2) is 26.7 Å². The zero-order valence-corrected chi connectivity index (χ0v) is 16.6. The summed E-state index contributed by atoms with van der Waals surface area (Å²) in [5, 5.41) is 3.98. The van der Waals surface area contributed by atoms with Crippen molar-refractivity contribution in [3.8, 4) is 10.6 Å². The number of aromatic nitrogens is 1. The highest BCUT2D eigenvalue weighted by Gasteiger charge is 2.49. The second kappa shape index (κ2) is 7.20. The molecule has 2 aromatic heterocycles. The Morgan fingerprint density at radius 3 is 2.74 bits per heavy atom. The van der Waals surface area contributed by atoms with Crippen molar-refractivity contribution < 1.29 is 17.7 Å². The lowest BCUT2D eigenvalue weighted by atomic mass is 10.1. The van der Waals surface area contributed by atoms with Crippen molar-refractivity contribution in [1.29, 1.82) is 0 Å². The van der Waals surface area contributed by atoms with Gasteiger partial charge in [0.1, 0.15) is 16.5 Å². The fourth-order valence-electron chi connectivity index (χ4n) is 3.31.